The molecule has 4 rings (SSSR count). The van der Waals surface area contributed by atoms with Crippen LogP contribution in [-0.4, -0.2) is 37.7 Å². The van der Waals surface area contributed by atoms with Crippen molar-refractivity contribution in [2.45, 2.75) is 25.0 Å². The number of urea groups is 1. The van der Waals surface area contributed by atoms with Gasteiger partial charge in [-0.3, -0.25) is 0 Å². The Kier molecular flexibility index (Phi) is 3.99. The number of likely N-dealkylation sites (N-methyl/N-ethyl adjacent to an activating group) is 1. The zero-order chi connectivity index (χ0) is 17.4. The number of ether oxygens (including phenoxy) is 2. The smallest absolute Gasteiger partial charge is 0.317 e. The van der Waals surface area contributed by atoms with Crippen molar-refractivity contribution >= 4 is 6.03 Å². The van der Waals surface area contributed by atoms with E-state index in [0.29, 0.717) is 6.54 Å². The molecule has 0 aromatic heterocycles. The summed E-state index contributed by atoms with van der Waals surface area (Å²) in [5.41, 5.74) is 3.76. The fraction of sp³-hybridized carbons (Fsp3) is 0.350. The topological polar surface area (TPSA) is 50.8 Å². The van der Waals surface area contributed by atoms with Crippen molar-refractivity contribution in [3.63, 3.8) is 0 Å². The first-order valence-electron chi connectivity index (χ1n) is 8.57. The highest BCUT2D eigenvalue weighted by Gasteiger charge is 2.30. The molecule has 1 aliphatic carbocycles. The van der Waals surface area contributed by atoms with Crippen molar-refractivity contribution in [3.05, 3.63) is 59.2 Å². The second-order valence-corrected chi connectivity index (χ2v) is 6.64. The molecule has 25 heavy (non-hydrogen) atoms. The molecule has 0 bridgehead atoms. The summed E-state index contributed by atoms with van der Waals surface area (Å²) < 4.78 is 11.8. The summed E-state index contributed by atoms with van der Waals surface area (Å²) in [6.45, 7) is 0.607. The van der Waals surface area contributed by atoms with Gasteiger partial charge in [-0.1, -0.05) is 30.3 Å². The van der Waals surface area contributed by atoms with Crippen LogP contribution in [0, 0.1) is 0 Å². The van der Waals surface area contributed by atoms with Gasteiger partial charge in [0.2, 0.25) is 0 Å². The van der Waals surface area contributed by atoms with E-state index in [1.807, 2.05) is 25.2 Å². The van der Waals surface area contributed by atoms with Crippen LogP contribution in [0.4, 0.5) is 4.79 Å². The van der Waals surface area contributed by atoms with E-state index in [0.717, 1.165) is 29.9 Å². The van der Waals surface area contributed by atoms with Crippen LogP contribution in [0.15, 0.2) is 42.5 Å². The molecule has 2 aliphatic rings. The maximum absolute atomic E-state index is 11.7. The third-order valence-electron chi connectivity index (χ3n) is 5.11. The number of hydrogen-bond acceptors (Lipinski definition) is 3. The predicted molar refractivity (Wildman–Crippen MR) is 95.2 cm³/mol. The quantitative estimate of drug-likeness (QED) is 0.932. The van der Waals surface area contributed by atoms with E-state index in [1.165, 1.54) is 11.1 Å². The summed E-state index contributed by atoms with van der Waals surface area (Å²) in [6, 6.07) is 14.4. The highest BCUT2D eigenvalue weighted by Crippen LogP contribution is 2.35. The van der Waals surface area contributed by atoms with Gasteiger partial charge < -0.3 is 19.7 Å². The molecule has 0 saturated carbocycles. The molecule has 1 atom stereocenters. The van der Waals surface area contributed by atoms with Crippen LogP contribution in [0.2, 0.25) is 0 Å². The molecule has 1 saturated heterocycles. The molecule has 5 nitrogen and oxygen atoms in total. The molecule has 0 radical (unpaired) electrons. The molecular weight excluding hydrogens is 316 g/mol. The van der Waals surface area contributed by atoms with Gasteiger partial charge in [0.15, 0.2) is 11.5 Å². The number of methoxy groups -OCH3 is 1. The second-order valence-electron chi connectivity index (χ2n) is 6.64. The average molecular weight is 338 g/mol. The Balaban J connectivity index is 1.57. The number of rotatable bonds is 4. The van der Waals surface area contributed by atoms with Crippen molar-refractivity contribution < 1.29 is 14.3 Å². The first-order chi connectivity index (χ1) is 12.2. The number of nitrogens with zero attached hydrogens (tertiary/aromatic N) is 1. The summed E-state index contributed by atoms with van der Waals surface area (Å²) in [6.07, 6.45) is 1.93. The first kappa shape index (κ1) is 15.8. The van der Waals surface area contributed by atoms with E-state index < -0.39 is 0 Å². The van der Waals surface area contributed by atoms with Crippen LogP contribution in [0.25, 0.3) is 0 Å². The molecule has 2 aromatic rings. The minimum atomic E-state index is -0.0467. The van der Waals surface area contributed by atoms with E-state index in [4.69, 9.17) is 9.47 Å². The minimum Gasteiger partial charge on any atom is -0.493 e. The van der Waals surface area contributed by atoms with Gasteiger partial charge in [-0.2, -0.15) is 0 Å². The third-order valence-corrected chi connectivity index (χ3v) is 5.11. The van der Waals surface area contributed by atoms with Gasteiger partial charge in [0.1, 0.15) is 6.10 Å². The average Bonchev–Trinajstić information content (AvgIpc) is 3.18. The molecule has 1 fully saturated rings. The molecular formula is C20H22N2O3. The number of carbonyl (C=O) groups excluding carboxylic acids is 1. The summed E-state index contributed by atoms with van der Waals surface area (Å²) in [5.74, 6) is 1.46. The lowest BCUT2D eigenvalue weighted by Crippen LogP contribution is -2.25. The Labute approximate surface area is 147 Å². The number of carbonyl (C=O) groups is 1. The summed E-state index contributed by atoms with van der Waals surface area (Å²) >= 11 is 0. The lowest BCUT2D eigenvalue weighted by atomic mass is 10.1. The maximum Gasteiger partial charge on any atom is 0.317 e. The largest absolute Gasteiger partial charge is 0.493 e. The zero-order valence-electron chi connectivity index (χ0n) is 14.5. The van der Waals surface area contributed by atoms with Crippen molar-refractivity contribution in [2.75, 3.05) is 20.7 Å². The van der Waals surface area contributed by atoms with Gasteiger partial charge in [0.05, 0.1) is 13.2 Å². The Hall–Kier alpha value is -2.69. The van der Waals surface area contributed by atoms with Gasteiger partial charge >= 0.3 is 6.03 Å². The van der Waals surface area contributed by atoms with E-state index in [1.54, 1.807) is 12.0 Å². The SMILES string of the molecule is COc1ccc(C2CNC(=O)N2C)cc1OC1Cc2ccccc2C1. The van der Waals surface area contributed by atoms with E-state index in [9.17, 15) is 4.79 Å². The number of fused-ring (bicyclic) bond motifs is 1. The van der Waals surface area contributed by atoms with E-state index in [2.05, 4.69) is 29.6 Å². The van der Waals surface area contributed by atoms with Crippen LogP contribution >= 0.6 is 0 Å². The van der Waals surface area contributed by atoms with Crippen LogP contribution in [0.5, 0.6) is 11.5 Å². The number of hydrogen-bond donors (Lipinski definition) is 1. The molecule has 1 N–H and O–H groups in total. The van der Waals surface area contributed by atoms with Gasteiger partial charge in [-0.25, -0.2) is 4.79 Å². The number of benzene rings is 2. The first-order valence-corrected chi connectivity index (χ1v) is 8.57. The highest BCUT2D eigenvalue weighted by atomic mass is 16.5. The second kappa shape index (κ2) is 6.31. The molecule has 2 amide bonds. The Morgan fingerprint density at radius 2 is 1.80 bits per heavy atom. The van der Waals surface area contributed by atoms with Crippen molar-refractivity contribution in [3.8, 4) is 11.5 Å². The summed E-state index contributed by atoms with van der Waals surface area (Å²) in [4.78, 5) is 13.4. The summed E-state index contributed by atoms with van der Waals surface area (Å²) in [7, 11) is 3.46. The fourth-order valence-corrected chi connectivity index (χ4v) is 3.70. The van der Waals surface area contributed by atoms with Crippen molar-refractivity contribution in [1.82, 2.24) is 10.2 Å². The van der Waals surface area contributed by atoms with Gasteiger partial charge in [-0.05, 0) is 28.8 Å². The highest BCUT2D eigenvalue weighted by molar-refractivity contribution is 5.77. The van der Waals surface area contributed by atoms with Crippen LogP contribution in [-0.2, 0) is 12.8 Å². The van der Waals surface area contributed by atoms with Gasteiger partial charge in [0.25, 0.3) is 0 Å². The number of nitrogens with one attached hydrogen (secondary N) is 1. The van der Waals surface area contributed by atoms with Crippen LogP contribution in [0.3, 0.4) is 0 Å². The van der Waals surface area contributed by atoms with Crippen LogP contribution < -0.4 is 14.8 Å². The standard InChI is InChI=1S/C20H22N2O3/c1-22-17(12-21-20(22)23)15-7-8-18(24-2)19(11-15)25-16-9-13-5-3-4-6-14(13)10-16/h3-8,11,16-17H,9-10,12H2,1-2H3,(H,21,23). The van der Waals surface area contributed by atoms with E-state index in [-0.39, 0.29) is 18.2 Å². The van der Waals surface area contributed by atoms with Crippen molar-refractivity contribution in [1.29, 1.82) is 0 Å². The molecule has 130 valence electrons. The van der Waals surface area contributed by atoms with Crippen LogP contribution in [0.1, 0.15) is 22.7 Å². The molecule has 1 unspecified atom stereocenters. The third kappa shape index (κ3) is 2.90. The summed E-state index contributed by atoms with van der Waals surface area (Å²) in [5, 5.41) is 2.87. The lowest BCUT2D eigenvalue weighted by Gasteiger charge is -2.21. The van der Waals surface area contributed by atoms with Gasteiger partial charge in [-0.15, -0.1) is 0 Å². The predicted octanol–water partition coefficient (Wildman–Crippen LogP) is 2.94. The lowest BCUT2D eigenvalue weighted by molar-refractivity contribution is 0.203. The molecule has 2 aromatic carbocycles. The Morgan fingerprint density at radius 3 is 2.40 bits per heavy atom. The van der Waals surface area contributed by atoms with Gasteiger partial charge in [0, 0.05) is 26.4 Å². The normalized spacial score (nSPS) is 19.7. The zero-order valence-corrected chi connectivity index (χ0v) is 14.5. The van der Waals surface area contributed by atoms with Crippen molar-refractivity contribution in [2.24, 2.45) is 0 Å². The minimum absolute atomic E-state index is 0.0153. The molecule has 0 spiro atoms. The monoisotopic (exact) mass is 338 g/mol. The molecule has 1 aliphatic heterocycles. The van der Waals surface area contributed by atoms with E-state index >= 15 is 0 Å². The number of amides is 2. The fourth-order valence-electron chi connectivity index (χ4n) is 3.70. The molecule has 1 heterocycles. The molecule has 5 heteroatoms. The Morgan fingerprint density at radius 1 is 1.08 bits per heavy atom. The maximum atomic E-state index is 11.7. The Bertz CT molecular complexity index is 780.